The van der Waals surface area contributed by atoms with E-state index in [1.165, 1.54) is 0 Å². The number of hydrogen-bond acceptors (Lipinski definition) is 4. The SMILES string of the molecule is COc1cccc(NC2(CO)CCOC2)c1. The summed E-state index contributed by atoms with van der Waals surface area (Å²) in [6.45, 7) is 1.31. The average molecular weight is 223 g/mol. The third kappa shape index (κ3) is 2.28. The number of rotatable bonds is 4. The van der Waals surface area contributed by atoms with E-state index in [1.807, 2.05) is 24.3 Å². The molecule has 0 spiro atoms. The van der Waals surface area contributed by atoms with E-state index in [-0.39, 0.29) is 12.1 Å². The predicted octanol–water partition coefficient (Wildman–Crippen LogP) is 1.26. The second-order valence-electron chi connectivity index (χ2n) is 4.10. The molecule has 1 saturated heterocycles. The van der Waals surface area contributed by atoms with Gasteiger partial charge in [0, 0.05) is 18.4 Å². The molecule has 1 heterocycles. The number of ether oxygens (including phenoxy) is 2. The normalized spacial score (nSPS) is 24.4. The summed E-state index contributed by atoms with van der Waals surface area (Å²) in [4.78, 5) is 0. The average Bonchev–Trinajstić information content (AvgIpc) is 2.78. The highest BCUT2D eigenvalue weighted by molar-refractivity contribution is 5.50. The molecule has 1 fully saturated rings. The molecule has 1 unspecified atom stereocenters. The minimum atomic E-state index is -0.341. The number of benzene rings is 1. The minimum Gasteiger partial charge on any atom is -0.497 e. The Hall–Kier alpha value is -1.26. The van der Waals surface area contributed by atoms with Gasteiger partial charge >= 0.3 is 0 Å². The Labute approximate surface area is 95.2 Å². The van der Waals surface area contributed by atoms with Crippen LogP contribution in [0, 0.1) is 0 Å². The topological polar surface area (TPSA) is 50.7 Å². The fourth-order valence-electron chi connectivity index (χ4n) is 1.88. The van der Waals surface area contributed by atoms with Gasteiger partial charge in [-0.15, -0.1) is 0 Å². The van der Waals surface area contributed by atoms with Crippen molar-refractivity contribution in [1.29, 1.82) is 0 Å². The Morgan fingerprint density at radius 3 is 3.06 bits per heavy atom. The molecule has 1 aromatic rings. The van der Waals surface area contributed by atoms with Gasteiger partial charge in [0.05, 0.1) is 25.9 Å². The molecular weight excluding hydrogens is 206 g/mol. The predicted molar refractivity (Wildman–Crippen MR) is 61.9 cm³/mol. The molecule has 0 saturated carbocycles. The third-order valence-electron chi connectivity index (χ3n) is 2.89. The van der Waals surface area contributed by atoms with E-state index in [2.05, 4.69) is 5.32 Å². The Morgan fingerprint density at radius 1 is 1.56 bits per heavy atom. The molecular formula is C12H17NO3. The second-order valence-corrected chi connectivity index (χ2v) is 4.10. The number of aliphatic hydroxyl groups is 1. The first kappa shape index (κ1) is 11.2. The fourth-order valence-corrected chi connectivity index (χ4v) is 1.88. The highest BCUT2D eigenvalue weighted by atomic mass is 16.5. The lowest BCUT2D eigenvalue weighted by molar-refractivity contribution is 0.152. The highest BCUT2D eigenvalue weighted by Crippen LogP contribution is 2.26. The molecule has 1 atom stereocenters. The van der Waals surface area contributed by atoms with Crippen molar-refractivity contribution in [2.45, 2.75) is 12.0 Å². The van der Waals surface area contributed by atoms with E-state index in [9.17, 15) is 5.11 Å². The summed E-state index contributed by atoms with van der Waals surface area (Å²) in [6, 6.07) is 7.68. The zero-order chi connectivity index (χ0) is 11.4. The first-order chi connectivity index (χ1) is 7.78. The lowest BCUT2D eigenvalue weighted by Gasteiger charge is -2.27. The van der Waals surface area contributed by atoms with Crippen LogP contribution in [0.4, 0.5) is 5.69 Å². The number of methoxy groups -OCH3 is 1. The van der Waals surface area contributed by atoms with Crippen LogP contribution in [-0.2, 0) is 4.74 Å². The van der Waals surface area contributed by atoms with Gasteiger partial charge in [-0.3, -0.25) is 0 Å². The zero-order valence-electron chi connectivity index (χ0n) is 9.40. The van der Waals surface area contributed by atoms with Gasteiger partial charge in [-0.2, -0.15) is 0 Å². The van der Waals surface area contributed by atoms with E-state index in [4.69, 9.17) is 9.47 Å². The van der Waals surface area contributed by atoms with E-state index in [0.29, 0.717) is 13.2 Å². The Morgan fingerprint density at radius 2 is 2.44 bits per heavy atom. The quantitative estimate of drug-likeness (QED) is 0.806. The second kappa shape index (κ2) is 4.72. The molecule has 2 rings (SSSR count). The van der Waals surface area contributed by atoms with Gasteiger partial charge < -0.3 is 19.9 Å². The summed E-state index contributed by atoms with van der Waals surface area (Å²) in [5, 5.41) is 12.8. The van der Waals surface area contributed by atoms with Crippen LogP contribution in [0.3, 0.4) is 0 Å². The smallest absolute Gasteiger partial charge is 0.120 e. The van der Waals surface area contributed by atoms with E-state index in [1.54, 1.807) is 7.11 Å². The van der Waals surface area contributed by atoms with E-state index in [0.717, 1.165) is 17.9 Å². The van der Waals surface area contributed by atoms with Crippen LogP contribution in [0.2, 0.25) is 0 Å². The molecule has 1 aromatic carbocycles. The molecule has 16 heavy (non-hydrogen) atoms. The zero-order valence-corrected chi connectivity index (χ0v) is 9.40. The highest BCUT2D eigenvalue weighted by Gasteiger charge is 2.34. The standard InChI is InChI=1S/C12H17NO3/c1-15-11-4-2-3-10(7-11)13-12(8-14)5-6-16-9-12/h2-4,7,13-14H,5-6,8-9H2,1H3. The van der Waals surface area contributed by atoms with Gasteiger partial charge in [0.15, 0.2) is 0 Å². The van der Waals surface area contributed by atoms with Crippen molar-refractivity contribution in [3.05, 3.63) is 24.3 Å². The van der Waals surface area contributed by atoms with Gasteiger partial charge in [0.25, 0.3) is 0 Å². The number of anilines is 1. The van der Waals surface area contributed by atoms with E-state index < -0.39 is 0 Å². The first-order valence-electron chi connectivity index (χ1n) is 5.39. The van der Waals surface area contributed by atoms with Crippen LogP contribution in [-0.4, -0.2) is 37.6 Å². The van der Waals surface area contributed by atoms with Crippen LogP contribution in [0.5, 0.6) is 5.75 Å². The Bertz CT molecular complexity index is 348. The van der Waals surface area contributed by atoms with Gasteiger partial charge in [-0.05, 0) is 18.6 Å². The van der Waals surface area contributed by atoms with Crippen LogP contribution < -0.4 is 10.1 Å². The Kier molecular flexibility index (Phi) is 3.31. The Balaban J connectivity index is 2.12. The molecule has 0 aromatic heterocycles. The largest absolute Gasteiger partial charge is 0.497 e. The summed E-state index contributed by atoms with van der Waals surface area (Å²) in [5.74, 6) is 0.803. The van der Waals surface area contributed by atoms with Gasteiger partial charge in [0.2, 0.25) is 0 Å². The molecule has 4 heteroatoms. The third-order valence-corrected chi connectivity index (χ3v) is 2.89. The minimum absolute atomic E-state index is 0.0736. The molecule has 88 valence electrons. The lowest BCUT2D eigenvalue weighted by atomic mass is 9.99. The molecule has 1 aliphatic rings. The number of nitrogens with one attached hydrogen (secondary N) is 1. The van der Waals surface area contributed by atoms with Crippen molar-refractivity contribution in [3.8, 4) is 5.75 Å². The molecule has 4 nitrogen and oxygen atoms in total. The molecule has 0 amide bonds. The van der Waals surface area contributed by atoms with Gasteiger partial charge in [-0.25, -0.2) is 0 Å². The van der Waals surface area contributed by atoms with Gasteiger partial charge in [0.1, 0.15) is 5.75 Å². The van der Waals surface area contributed by atoms with Crippen LogP contribution >= 0.6 is 0 Å². The molecule has 0 radical (unpaired) electrons. The molecule has 0 bridgehead atoms. The van der Waals surface area contributed by atoms with Crippen molar-refractivity contribution >= 4 is 5.69 Å². The maximum Gasteiger partial charge on any atom is 0.120 e. The maximum absolute atomic E-state index is 9.43. The first-order valence-corrected chi connectivity index (χ1v) is 5.39. The van der Waals surface area contributed by atoms with Crippen molar-refractivity contribution in [1.82, 2.24) is 0 Å². The molecule has 1 aliphatic heterocycles. The summed E-state index contributed by atoms with van der Waals surface area (Å²) >= 11 is 0. The maximum atomic E-state index is 9.43. The summed E-state index contributed by atoms with van der Waals surface area (Å²) in [5.41, 5.74) is 0.603. The van der Waals surface area contributed by atoms with Crippen molar-refractivity contribution < 1.29 is 14.6 Å². The van der Waals surface area contributed by atoms with E-state index >= 15 is 0 Å². The lowest BCUT2D eigenvalue weighted by Crippen LogP contribution is -2.42. The summed E-state index contributed by atoms with van der Waals surface area (Å²) in [7, 11) is 1.64. The number of hydrogen-bond donors (Lipinski definition) is 2. The van der Waals surface area contributed by atoms with Crippen LogP contribution in [0.15, 0.2) is 24.3 Å². The van der Waals surface area contributed by atoms with Crippen LogP contribution in [0.25, 0.3) is 0 Å². The van der Waals surface area contributed by atoms with Crippen molar-refractivity contribution in [2.24, 2.45) is 0 Å². The fraction of sp³-hybridized carbons (Fsp3) is 0.500. The molecule has 0 aliphatic carbocycles. The monoisotopic (exact) mass is 223 g/mol. The van der Waals surface area contributed by atoms with Crippen molar-refractivity contribution in [2.75, 3.05) is 32.2 Å². The van der Waals surface area contributed by atoms with Crippen LogP contribution in [0.1, 0.15) is 6.42 Å². The number of aliphatic hydroxyl groups excluding tert-OH is 1. The summed E-state index contributed by atoms with van der Waals surface area (Å²) < 4.78 is 10.5. The van der Waals surface area contributed by atoms with Gasteiger partial charge in [-0.1, -0.05) is 6.07 Å². The summed E-state index contributed by atoms with van der Waals surface area (Å²) in [6.07, 6.45) is 0.820. The molecule has 2 N–H and O–H groups in total. The van der Waals surface area contributed by atoms with Crippen molar-refractivity contribution in [3.63, 3.8) is 0 Å².